The first kappa shape index (κ1) is 17.5. The lowest BCUT2D eigenvalue weighted by atomic mass is 10.1. The van der Waals surface area contributed by atoms with E-state index < -0.39 is 0 Å². The molecule has 1 heterocycles. The van der Waals surface area contributed by atoms with E-state index in [0.717, 1.165) is 6.42 Å². The first-order chi connectivity index (χ1) is 12.7. The van der Waals surface area contributed by atoms with E-state index in [-0.39, 0.29) is 17.7 Å². The zero-order valence-corrected chi connectivity index (χ0v) is 15.4. The molecule has 3 aliphatic rings. The highest BCUT2D eigenvalue weighted by atomic mass is 16.2. The lowest BCUT2D eigenvalue weighted by molar-refractivity contribution is -0.140. The van der Waals surface area contributed by atoms with Crippen molar-refractivity contribution in [1.82, 2.24) is 15.1 Å². The molecular formula is C21H29N3O2. The smallest absolute Gasteiger partial charge is 0.236 e. The summed E-state index contributed by atoms with van der Waals surface area (Å²) in [5.41, 5.74) is 1.28. The van der Waals surface area contributed by atoms with E-state index in [1.54, 1.807) is 0 Å². The minimum absolute atomic E-state index is 0.142. The summed E-state index contributed by atoms with van der Waals surface area (Å²) < 4.78 is 0. The van der Waals surface area contributed by atoms with Gasteiger partial charge in [0.15, 0.2) is 0 Å². The molecule has 0 radical (unpaired) electrons. The third-order valence-electron chi connectivity index (χ3n) is 6.18. The number of piperazine rings is 1. The molecule has 1 unspecified atom stereocenters. The third-order valence-corrected chi connectivity index (χ3v) is 6.18. The number of nitrogens with zero attached hydrogens (tertiary/aromatic N) is 2. The number of hydrogen-bond donors (Lipinski definition) is 1. The monoisotopic (exact) mass is 355 g/mol. The largest absolute Gasteiger partial charge is 0.339 e. The van der Waals surface area contributed by atoms with Crippen LogP contribution in [-0.2, 0) is 9.59 Å². The van der Waals surface area contributed by atoms with Crippen molar-refractivity contribution in [3.63, 3.8) is 0 Å². The van der Waals surface area contributed by atoms with Gasteiger partial charge in [-0.3, -0.25) is 9.59 Å². The highest BCUT2D eigenvalue weighted by molar-refractivity contribution is 5.84. The van der Waals surface area contributed by atoms with E-state index in [0.29, 0.717) is 44.7 Å². The molecule has 5 nitrogen and oxygen atoms in total. The molecule has 4 rings (SSSR count). The molecule has 2 amide bonds. The van der Waals surface area contributed by atoms with Crippen LogP contribution in [-0.4, -0.2) is 60.4 Å². The number of carbonyl (C=O) groups excluding carboxylic acids is 2. The first-order valence-corrected chi connectivity index (χ1v) is 10.1. The fourth-order valence-electron chi connectivity index (χ4n) is 4.42. The van der Waals surface area contributed by atoms with Crippen LogP contribution in [0, 0.1) is 5.92 Å². The molecule has 0 spiro atoms. The van der Waals surface area contributed by atoms with Crippen LogP contribution < -0.4 is 5.32 Å². The average Bonchev–Trinajstić information content (AvgIpc) is 3.33. The zero-order chi connectivity index (χ0) is 17.9. The summed E-state index contributed by atoms with van der Waals surface area (Å²) in [5, 5.41) is 3.39. The molecule has 26 heavy (non-hydrogen) atoms. The molecule has 2 aliphatic carbocycles. The van der Waals surface area contributed by atoms with Gasteiger partial charge in [0.05, 0.1) is 6.54 Å². The number of rotatable bonds is 5. The van der Waals surface area contributed by atoms with Crippen molar-refractivity contribution in [2.75, 3.05) is 32.7 Å². The minimum atomic E-state index is 0.142. The van der Waals surface area contributed by atoms with Crippen LogP contribution in [0.25, 0.3) is 0 Å². The Kier molecular flexibility index (Phi) is 5.25. The Labute approximate surface area is 155 Å². The van der Waals surface area contributed by atoms with Crippen LogP contribution in [0.15, 0.2) is 30.3 Å². The van der Waals surface area contributed by atoms with E-state index in [1.165, 1.54) is 31.2 Å². The van der Waals surface area contributed by atoms with Crippen LogP contribution >= 0.6 is 0 Å². The maximum Gasteiger partial charge on any atom is 0.236 e. The fourth-order valence-corrected chi connectivity index (χ4v) is 4.42. The standard InChI is InChI=1S/C21H29N3O2/c25-20(15-22-17-8-4-5-9-17)23-10-12-24(13-11-23)21(26)19-14-18(19)16-6-2-1-3-7-16/h1-3,6-7,17-19,22H,4-5,8-15H2/t18-,19?/m1/s1. The summed E-state index contributed by atoms with van der Waals surface area (Å²) in [5.74, 6) is 0.982. The number of hydrogen-bond acceptors (Lipinski definition) is 3. The van der Waals surface area contributed by atoms with E-state index in [2.05, 4.69) is 17.4 Å². The summed E-state index contributed by atoms with van der Waals surface area (Å²) >= 11 is 0. The number of carbonyl (C=O) groups is 2. The molecule has 0 bridgehead atoms. The van der Waals surface area contributed by atoms with Crippen molar-refractivity contribution >= 4 is 11.8 Å². The molecule has 140 valence electrons. The maximum atomic E-state index is 12.7. The Morgan fingerprint density at radius 1 is 0.962 bits per heavy atom. The van der Waals surface area contributed by atoms with Gasteiger partial charge in [0.1, 0.15) is 0 Å². The van der Waals surface area contributed by atoms with Crippen LogP contribution in [0.4, 0.5) is 0 Å². The van der Waals surface area contributed by atoms with Crippen LogP contribution in [0.1, 0.15) is 43.6 Å². The van der Waals surface area contributed by atoms with Crippen molar-refractivity contribution in [1.29, 1.82) is 0 Å². The Bertz CT molecular complexity index is 634. The quantitative estimate of drug-likeness (QED) is 0.879. The molecule has 1 saturated heterocycles. The molecule has 2 atom stereocenters. The van der Waals surface area contributed by atoms with Gasteiger partial charge in [0.2, 0.25) is 11.8 Å². The molecule has 1 aliphatic heterocycles. The third kappa shape index (κ3) is 3.93. The molecule has 2 saturated carbocycles. The van der Waals surface area contributed by atoms with Gasteiger partial charge in [0.25, 0.3) is 0 Å². The SMILES string of the molecule is O=C(CNC1CCCC1)N1CCN(C(=O)C2C[C@@H]2c2ccccc2)CC1. The van der Waals surface area contributed by atoms with Crippen molar-refractivity contribution in [2.45, 2.75) is 44.1 Å². The number of nitrogens with one attached hydrogen (secondary N) is 1. The maximum absolute atomic E-state index is 12.7. The van der Waals surface area contributed by atoms with E-state index in [1.807, 2.05) is 28.0 Å². The molecule has 1 N–H and O–H groups in total. The van der Waals surface area contributed by atoms with Crippen LogP contribution in [0.5, 0.6) is 0 Å². The van der Waals surface area contributed by atoms with Gasteiger partial charge >= 0.3 is 0 Å². The highest BCUT2D eigenvalue weighted by Gasteiger charge is 2.46. The van der Waals surface area contributed by atoms with E-state index in [9.17, 15) is 9.59 Å². The summed E-state index contributed by atoms with van der Waals surface area (Å²) in [7, 11) is 0. The second-order valence-corrected chi connectivity index (χ2v) is 7.93. The lowest BCUT2D eigenvalue weighted by Gasteiger charge is -2.35. The van der Waals surface area contributed by atoms with E-state index in [4.69, 9.17) is 0 Å². The van der Waals surface area contributed by atoms with Crippen molar-refractivity contribution < 1.29 is 9.59 Å². The molecule has 5 heteroatoms. The van der Waals surface area contributed by atoms with Crippen molar-refractivity contribution in [2.24, 2.45) is 5.92 Å². The Morgan fingerprint density at radius 3 is 2.31 bits per heavy atom. The normalized spacial score (nSPS) is 26.2. The summed E-state index contributed by atoms with van der Waals surface area (Å²) in [6.45, 7) is 3.12. The zero-order valence-electron chi connectivity index (χ0n) is 15.4. The topological polar surface area (TPSA) is 52.7 Å². The van der Waals surface area contributed by atoms with Gasteiger partial charge in [-0.1, -0.05) is 43.2 Å². The fraction of sp³-hybridized carbons (Fsp3) is 0.619. The summed E-state index contributed by atoms with van der Waals surface area (Å²) in [6, 6.07) is 10.9. The van der Waals surface area contributed by atoms with Gasteiger partial charge in [-0.25, -0.2) is 0 Å². The van der Waals surface area contributed by atoms with Gasteiger partial charge in [0, 0.05) is 38.1 Å². The molecule has 1 aromatic rings. The van der Waals surface area contributed by atoms with E-state index >= 15 is 0 Å². The summed E-state index contributed by atoms with van der Waals surface area (Å²) in [4.78, 5) is 29.0. The second kappa shape index (κ2) is 7.78. The van der Waals surface area contributed by atoms with Gasteiger partial charge in [-0.05, 0) is 30.7 Å². The van der Waals surface area contributed by atoms with Gasteiger partial charge < -0.3 is 15.1 Å². The first-order valence-electron chi connectivity index (χ1n) is 10.1. The van der Waals surface area contributed by atoms with Crippen molar-refractivity contribution in [3.05, 3.63) is 35.9 Å². The Balaban J connectivity index is 1.21. The van der Waals surface area contributed by atoms with Crippen LogP contribution in [0.3, 0.4) is 0 Å². The number of amides is 2. The molecular weight excluding hydrogens is 326 g/mol. The lowest BCUT2D eigenvalue weighted by Crippen LogP contribution is -2.53. The predicted molar refractivity (Wildman–Crippen MR) is 101 cm³/mol. The number of benzene rings is 1. The van der Waals surface area contributed by atoms with Crippen molar-refractivity contribution in [3.8, 4) is 0 Å². The predicted octanol–water partition coefficient (Wildman–Crippen LogP) is 1.99. The second-order valence-electron chi connectivity index (χ2n) is 7.93. The van der Waals surface area contributed by atoms with Gasteiger partial charge in [-0.2, -0.15) is 0 Å². The molecule has 3 fully saturated rings. The molecule has 0 aromatic heterocycles. The molecule has 1 aromatic carbocycles. The summed E-state index contributed by atoms with van der Waals surface area (Å²) in [6.07, 6.45) is 5.90. The van der Waals surface area contributed by atoms with Crippen LogP contribution in [0.2, 0.25) is 0 Å². The van der Waals surface area contributed by atoms with Gasteiger partial charge in [-0.15, -0.1) is 0 Å². The highest BCUT2D eigenvalue weighted by Crippen LogP contribution is 2.48. The minimum Gasteiger partial charge on any atom is -0.339 e. The average molecular weight is 355 g/mol. The Morgan fingerprint density at radius 2 is 1.62 bits per heavy atom. The Hall–Kier alpha value is -1.88.